The first-order valence-electron chi connectivity index (χ1n) is 5.55. The molecular weight excluding hydrogens is 255 g/mol. The molecule has 18 heavy (non-hydrogen) atoms. The highest BCUT2D eigenvalue weighted by Gasteiger charge is 2.11. The van der Waals surface area contributed by atoms with Crippen LogP contribution in [0.2, 0.25) is 5.15 Å². The van der Waals surface area contributed by atoms with E-state index in [1.807, 2.05) is 13.8 Å². The van der Waals surface area contributed by atoms with Crippen LogP contribution in [0.5, 0.6) is 11.6 Å². The average molecular weight is 267 g/mol. The Hall–Kier alpha value is -1.68. The van der Waals surface area contributed by atoms with Gasteiger partial charge in [0.15, 0.2) is 0 Å². The van der Waals surface area contributed by atoms with Gasteiger partial charge in [-0.15, -0.1) is 0 Å². The Morgan fingerprint density at radius 1 is 1.33 bits per heavy atom. The van der Waals surface area contributed by atoms with Crippen LogP contribution >= 0.6 is 11.6 Å². The van der Waals surface area contributed by atoms with Crippen molar-refractivity contribution in [2.24, 2.45) is 0 Å². The second-order valence-corrected chi connectivity index (χ2v) is 4.17. The zero-order valence-corrected chi connectivity index (χ0v) is 10.8. The molecule has 0 bridgehead atoms. The largest absolute Gasteiger partial charge is 0.438 e. The number of halogens is 2. The number of rotatable bonds is 3. The predicted octanol–water partition coefficient (Wildman–Crippen LogP) is 3.93. The summed E-state index contributed by atoms with van der Waals surface area (Å²) < 4.78 is 18.8. The van der Waals surface area contributed by atoms with Gasteiger partial charge in [0.25, 0.3) is 0 Å². The molecule has 1 aromatic heterocycles. The molecule has 0 atom stereocenters. The van der Waals surface area contributed by atoms with E-state index in [1.54, 1.807) is 6.07 Å². The van der Waals surface area contributed by atoms with Crippen molar-refractivity contribution in [3.8, 4) is 11.6 Å². The van der Waals surface area contributed by atoms with E-state index in [0.29, 0.717) is 28.8 Å². The van der Waals surface area contributed by atoms with Crippen molar-refractivity contribution >= 4 is 11.6 Å². The maximum atomic E-state index is 13.2. The number of hydrogen-bond acceptors (Lipinski definition) is 3. The van der Waals surface area contributed by atoms with Crippen molar-refractivity contribution in [3.63, 3.8) is 0 Å². The molecule has 0 aliphatic carbocycles. The van der Waals surface area contributed by atoms with Crippen LogP contribution in [-0.2, 0) is 6.42 Å². The maximum absolute atomic E-state index is 13.2. The van der Waals surface area contributed by atoms with Crippen molar-refractivity contribution in [2.45, 2.75) is 20.3 Å². The van der Waals surface area contributed by atoms with E-state index in [0.717, 1.165) is 5.56 Å². The van der Waals surface area contributed by atoms with Gasteiger partial charge in [0.05, 0.1) is 5.56 Å². The lowest BCUT2D eigenvalue weighted by molar-refractivity contribution is 0.447. The fourth-order valence-electron chi connectivity index (χ4n) is 1.55. The van der Waals surface area contributed by atoms with Gasteiger partial charge in [-0.05, 0) is 25.0 Å². The summed E-state index contributed by atoms with van der Waals surface area (Å²) in [6, 6.07) is 4.36. The molecule has 0 N–H and O–H groups in total. The normalized spacial score (nSPS) is 10.4. The summed E-state index contributed by atoms with van der Waals surface area (Å²) in [5.41, 5.74) is 1.54. The molecule has 1 heterocycles. The lowest BCUT2D eigenvalue weighted by Gasteiger charge is -2.11. The van der Waals surface area contributed by atoms with E-state index in [2.05, 4.69) is 9.97 Å². The van der Waals surface area contributed by atoms with Crippen molar-refractivity contribution in [1.29, 1.82) is 0 Å². The quantitative estimate of drug-likeness (QED) is 0.790. The van der Waals surface area contributed by atoms with Crippen LogP contribution in [-0.4, -0.2) is 9.97 Å². The molecule has 0 saturated carbocycles. The number of nitrogens with zero attached hydrogens (tertiary/aromatic N) is 2. The third-order valence-corrected chi connectivity index (χ3v) is 2.89. The molecule has 0 saturated heterocycles. The molecule has 2 rings (SSSR count). The molecule has 0 aliphatic rings. The van der Waals surface area contributed by atoms with E-state index in [9.17, 15) is 4.39 Å². The summed E-state index contributed by atoms with van der Waals surface area (Å²) in [6.07, 6.45) is 1.97. The van der Waals surface area contributed by atoms with Crippen LogP contribution in [0.15, 0.2) is 24.5 Å². The van der Waals surface area contributed by atoms with Gasteiger partial charge in [-0.1, -0.05) is 24.6 Å². The molecule has 0 unspecified atom stereocenters. The van der Waals surface area contributed by atoms with Crippen LogP contribution in [0.4, 0.5) is 4.39 Å². The molecule has 3 nitrogen and oxygen atoms in total. The molecule has 1 aromatic carbocycles. The minimum Gasteiger partial charge on any atom is -0.438 e. The third kappa shape index (κ3) is 2.59. The SMILES string of the molecule is CCc1c(Cl)ncnc1Oc1cc(F)ccc1C. The van der Waals surface area contributed by atoms with E-state index in [1.165, 1.54) is 18.5 Å². The minimum atomic E-state index is -0.353. The highest BCUT2D eigenvalue weighted by atomic mass is 35.5. The second-order valence-electron chi connectivity index (χ2n) is 3.81. The fourth-order valence-corrected chi connectivity index (χ4v) is 1.81. The molecule has 0 amide bonds. The highest BCUT2D eigenvalue weighted by molar-refractivity contribution is 6.30. The zero-order chi connectivity index (χ0) is 13.1. The Kier molecular flexibility index (Phi) is 3.77. The lowest BCUT2D eigenvalue weighted by atomic mass is 10.2. The van der Waals surface area contributed by atoms with Crippen LogP contribution in [0.1, 0.15) is 18.1 Å². The number of ether oxygens (including phenoxy) is 1. The van der Waals surface area contributed by atoms with Crippen LogP contribution in [0.25, 0.3) is 0 Å². The molecule has 0 spiro atoms. The molecule has 0 fully saturated rings. The average Bonchev–Trinajstić information content (AvgIpc) is 2.34. The van der Waals surface area contributed by atoms with Gasteiger partial charge in [-0.2, -0.15) is 0 Å². The van der Waals surface area contributed by atoms with Gasteiger partial charge < -0.3 is 4.74 Å². The first-order chi connectivity index (χ1) is 8.61. The van der Waals surface area contributed by atoms with E-state index < -0.39 is 0 Å². The molecule has 2 aromatic rings. The topological polar surface area (TPSA) is 35.0 Å². The van der Waals surface area contributed by atoms with E-state index >= 15 is 0 Å². The van der Waals surface area contributed by atoms with Gasteiger partial charge >= 0.3 is 0 Å². The van der Waals surface area contributed by atoms with Gasteiger partial charge in [0, 0.05) is 6.07 Å². The number of aryl methyl sites for hydroxylation is 1. The molecule has 0 radical (unpaired) electrons. The number of benzene rings is 1. The Morgan fingerprint density at radius 2 is 2.11 bits per heavy atom. The smallest absolute Gasteiger partial charge is 0.227 e. The van der Waals surface area contributed by atoms with E-state index in [4.69, 9.17) is 16.3 Å². The standard InChI is InChI=1S/C13H12ClFN2O/c1-3-10-12(14)16-7-17-13(10)18-11-6-9(15)5-4-8(11)2/h4-7H,3H2,1-2H3. The van der Waals surface area contributed by atoms with Crippen LogP contribution in [0, 0.1) is 12.7 Å². The minimum absolute atomic E-state index is 0.353. The Balaban J connectivity index is 2.40. The molecule has 0 aliphatic heterocycles. The Labute approximate surface area is 110 Å². The van der Waals surface area contributed by atoms with Crippen molar-refractivity contribution < 1.29 is 9.13 Å². The maximum Gasteiger partial charge on any atom is 0.227 e. The highest BCUT2D eigenvalue weighted by Crippen LogP contribution is 2.29. The summed E-state index contributed by atoms with van der Waals surface area (Å²) >= 11 is 5.96. The van der Waals surface area contributed by atoms with Gasteiger partial charge in [0.1, 0.15) is 23.0 Å². The summed E-state index contributed by atoms with van der Waals surface area (Å²) in [6.45, 7) is 3.76. The summed E-state index contributed by atoms with van der Waals surface area (Å²) in [5.74, 6) is 0.444. The fraction of sp³-hybridized carbons (Fsp3) is 0.231. The van der Waals surface area contributed by atoms with Crippen molar-refractivity contribution in [1.82, 2.24) is 9.97 Å². The van der Waals surface area contributed by atoms with Crippen molar-refractivity contribution in [2.75, 3.05) is 0 Å². The lowest BCUT2D eigenvalue weighted by Crippen LogP contribution is -1.98. The monoisotopic (exact) mass is 266 g/mol. The molecule has 5 heteroatoms. The second kappa shape index (κ2) is 5.31. The van der Waals surface area contributed by atoms with Gasteiger partial charge in [0.2, 0.25) is 5.88 Å². The number of hydrogen-bond donors (Lipinski definition) is 0. The van der Waals surface area contributed by atoms with Crippen LogP contribution < -0.4 is 4.74 Å². The third-order valence-electron chi connectivity index (χ3n) is 2.56. The zero-order valence-electron chi connectivity index (χ0n) is 10.1. The predicted molar refractivity (Wildman–Crippen MR) is 67.6 cm³/mol. The van der Waals surface area contributed by atoms with Gasteiger partial charge in [-0.25, -0.2) is 14.4 Å². The Bertz CT molecular complexity index is 575. The van der Waals surface area contributed by atoms with Crippen molar-refractivity contribution in [3.05, 3.63) is 46.6 Å². The Morgan fingerprint density at radius 3 is 2.83 bits per heavy atom. The molecular formula is C13H12ClFN2O. The summed E-state index contributed by atoms with van der Waals surface area (Å²) in [7, 11) is 0. The van der Waals surface area contributed by atoms with Gasteiger partial charge in [-0.3, -0.25) is 0 Å². The van der Waals surface area contributed by atoms with Crippen LogP contribution in [0.3, 0.4) is 0 Å². The van der Waals surface area contributed by atoms with E-state index in [-0.39, 0.29) is 5.82 Å². The first-order valence-corrected chi connectivity index (χ1v) is 5.93. The first kappa shape index (κ1) is 12.8. The molecule has 94 valence electrons. The summed E-state index contributed by atoms with van der Waals surface area (Å²) in [5, 5.41) is 0.358. The summed E-state index contributed by atoms with van der Waals surface area (Å²) in [4.78, 5) is 7.93. The number of aromatic nitrogens is 2.